The van der Waals surface area contributed by atoms with Gasteiger partial charge in [-0.2, -0.15) is 0 Å². The zero-order valence-electron chi connectivity index (χ0n) is 12.1. The zero-order chi connectivity index (χ0) is 14.4. The van der Waals surface area contributed by atoms with E-state index in [1.54, 1.807) is 7.11 Å². The first kappa shape index (κ1) is 14.7. The molecule has 2 aromatic rings. The summed E-state index contributed by atoms with van der Waals surface area (Å²) < 4.78 is 5.08. The second kappa shape index (κ2) is 7.21. The normalized spacial score (nSPS) is 10.6. The number of nitrogens with one attached hydrogen (secondary N) is 2. The molecule has 20 heavy (non-hydrogen) atoms. The largest absolute Gasteiger partial charge is 0.377 e. The van der Waals surface area contributed by atoms with Gasteiger partial charge < -0.3 is 15.4 Å². The molecule has 0 bridgehead atoms. The molecular formula is C14H20N4OS. The van der Waals surface area contributed by atoms with E-state index in [4.69, 9.17) is 4.74 Å². The van der Waals surface area contributed by atoms with Crippen LogP contribution < -0.4 is 10.6 Å². The van der Waals surface area contributed by atoms with Gasteiger partial charge >= 0.3 is 0 Å². The average Bonchev–Trinajstić information content (AvgIpc) is 2.93. The topological polar surface area (TPSA) is 59.1 Å². The molecule has 2 rings (SSSR count). The van der Waals surface area contributed by atoms with Crippen LogP contribution in [0, 0.1) is 0 Å². The Bertz CT molecular complexity index is 556. The maximum Gasteiger partial charge on any atom is 0.158 e. The fourth-order valence-electron chi connectivity index (χ4n) is 1.79. The van der Waals surface area contributed by atoms with Crippen LogP contribution in [0.3, 0.4) is 0 Å². The molecular weight excluding hydrogens is 272 g/mol. The van der Waals surface area contributed by atoms with Crippen LogP contribution in [-0.4, -0.2) is 24.1 Å². The Morgan fingerprint density at radius 1 is 1.20 bits per heavy atom. The highest BCUT2D eigenvalue weighted by molar-refractivity contribution is 7.12. The van der Waals surface area contributed by atoms with Gasteiger partial charge in [0, 0.05) is 30.0 Å². The van der Waals surface area contributed by atoms with E-state index < -0.39 is 0 Å². The van der Waals surface area contributed by atoms with Crippen LogP contribution >= 0.6 is 11.3 Å². The first-order valence-electron chi connectivity index (χ1n) is 6.61. The number of hydrogen-bond donors (Lipinski definition) is 2. The summed E-state index contributed by atoms with van der Waals surface area (Å²) in [5.74, 6) is 2.26. The maximum absolute atomic E-state index is 5.08. The Labute approximate surface area is 123 Å². The molecule has 5 nitrogen and oxygen atoms in total. The summed E-state index contributed by atoms with van der Waals surface area (Å²) in [6.45, 7) is 3.35. The molecule has 0 saturated heterocycles. The van der Waals surface area contributed by atoms with Gasteiger partial charge in [-0.1, -0.05) is 6.92 Å². The third kappa shape index (κ3) is 3.91. The van der Waals surface area contributed by atoms with Gasteiger partial charge in [-0.15, -0.1) is 11.3 Å². The van der Waals surface area contributed by atoms with Gasteiger partial charge in [0.25, 0.3) is 0 Å². The molecule has 2 N–H and O–H groups in total. The Morgan fingerprint density at radius 2 is 1.95 bits per heavy atom. The third-order valence-electron chi connectivity index (χ3n) is 2.81. The van der Waals surface area contributed by atoms with Gasteiger partial charge in [0.05, 0.1) is 6.54 Å². The van der Waals surface area contributed by atoms with Gasteiger partial charge in [-0.3, -0.25) is 0 Å². The molecule has 0 unspecified atom stereocenters. The van der Waals surface area contributed by atoms with Gasteiger partial charge in [0.15, 0.2) is 5.82 Å². The van der Waals surface area contributed by atoms with E-state index in [-0.39, 0.29) is 0 Å². The molecule has 0 aliphatic carbocycles. The van der Waals surface area contributed by atoms with Crippen molar-refractivity contribution in [2.45, 2.75) is 26.5 Å². The van der Waals surface area contributed by atoms with E-state index in [9.17, 15) is 0 Å². The summed E-state index contributed by atoms with van der Waals surface area (Å²) in [6.07, 6.45) is 1.08. The predicted octanol–water partition coefficient (Wildman–Crippen LogP) is 2.90. The number of thiophene rings is 1. The first-order valence-corrected chi connectivity index (χ1v) is 7.43. The summed E-state index contributed by atoms with van der Waals surface area (Å²) >= 11 is 1.83. The molecule has 2 heterocycles. The lowest BCUT2D eigenvalue weighted by Crippen LogP contribution is -2.06. The zero-order valence-corrected chi connectivity index (χ0v) is 12.9. The monoisotopic (exact) mass is 292 g/mol. The Morgan fingerprint density at radius 3 is 2.60 bits per heavy atom. The summed E-state index contributed by atoms with van der Waals surface area (Å²) in [4.78, 5) is 11.5. The SMILES string of the molecule is CCc1ccc(CNc2cc(NC)nc(COC)n2)s1. The predicted molar refractivity (Wildman–Crippen MR) is 83.3 cm³/mol. The van der Waals surface area contributed by atoms with E-state index in [1.807, 2.05) is 24.5 Å². The molecule has 6 heteroatoms. The summed E-state index contributed by atoms with van der Waals surface area (Å²) in [5.41, 5.74) is 0. The molecule has 0 spiro atoms. The Kier molecular flexibility index (Phi) is 5.31. The molecule has 0 fully saturated rings. The van der Waals surface area contributed by atoms with E-state index in [0.29, 0.717) is 12.4 Å². The highest BCUT2D eigenvalue weighted by Gasteiger charge is 2.04. The Balaban J connectivity index is 2.05. The minimum atomic E-state index is 0.406. The number of rotatable bonds is 7. The van der Waals surface area contributed by atoms with Crippen molar-refractivity contribution in [3.8, 4) is 0 Å². The fraction of sp³-hybridized carbons (Fsp3) is 0.429. The smallest absolute Gasteiger partial charge is 0.158 e. The molecule has 0 atom stereocenters. The molecule has 2 aromatic heterocycles. The quantitative estimate of drug-likeness (QED) is 0.821. The van der Waals surface area contributed by atoms with Crippen LogP contribution in [0.15, 0.2) is 18.2 Å². The number of hydrogen-bond acceptors (Lipinski definition) is 6. The summed E-state index contributed by atoms with van der Waals surface area (Å²) in [5, 5.41) is 6.37. The van der Waals surface area contributed by atoms with Gasteiger partial charge in [0.1, 0.15) is 18.2 Å². The van der Waals surface area contributed by atoms with Crippen molar-refractivity contribution in [3.05, 3.63) is 33.8 Å². The molecule has 0 amide bonds. The molecule has 0 radical (unpaired) electrons. The van der Waals surface area contributed by atoms with Crippen LogP contribution in [0.4, 0.5) is 11.6 Å². The minimum Gasteiger partial charge on any atom is -0.377 e. The molecule has 0 aromatic carbocycles. The van der Waals surface area contributed by atoms with Crippen molar-refractivity contribution in [2.24, 2.45) is 0 Å². The second-order valence-corrected chi connectivity index (χ2v) is 5.57. The van der Waals surface area contributed by atoms with Crippen LogP contribution in [0.2, 0.25) is 0 Å². The second-order valence-electron chi connectivity index (χ2n) is 4.31. The Hall–Kier alpha value is -1.66. The van der Waals surface area contributed by atoms with Crippen molar-refractivity contribution in [3.63, 3.8) is 0 Å². The number of nitrogens with zero attached hydrogens (tertiary/aromatic N) is 2. The van der Waals surface area contributed by atoms with Crippen molar-refractivity contribution in [2.75, 3.05) is 24.8 Å². The minimum absolute atomic E-state index is 0.406. The number of aromatic nitrogens is 2. The van der Waals surface area contributed by atoms with Crippen molar-refractivity contribution in [1.82, 2.24) is 9.97 Å². The highest BCUT2D eigenvalue weighted by atomic mass is 32.1. The van der Waals surface area contributed by atoms with Gasteiger partial charge in [-0.25, -0.2) is 9.97 Å². The lowest BCUT2D eigenvalue weighted by atomic mass is 10.3. The van der Waals surface area contributed by atoms with Crippen molar-refractivity contribution < 1.29 is 4.74 Å². The molecule has 0 aliphatic rings. The van der Waals surface area contributed by atoms with Gasteiger partial charge in [0.2, 0.25) is 0 Å². The van der Waals surface area contributed by atoms with E-state index >= 15 is 0 Å². The standard InChI is InChI=1S/C14H20N4OS/c1-4-10-5-6-11(20-10)8-16-13-7-12(15-2)17-14(18-13)9-19-3/h5-7H,4,8-9H2,1-3H3,(H2,15,16,17,18). The lowest BCUT2D eigenvalue weighted by Gasteiger charge is -2.08. The van der Waals surface area contributed by atoms with Crippen molar-refractivity contribution in [1.29, 1.82) is 0 Å². The number of aryl methyl sites for hydroxylation is 1. The molecule has 0 saturated carbocycles. The van der Waals surface area contributed by atoms with Crippen molar-refractivity contribution >= 4 is 23.0 Å². The fourth-order valence-corrected chi connectivity index (χ4v) is 2.69. The van der Waals surface area contributed by atoms with Gasteiger partial charge in [-0.05, 0) is 18.6 Å². The van der Waals surface area contributed by atoms with E-state index in [1.165, 1.54) is 9.75 Å². The summed E-state index contributed by atoms with van der Waals surface area (Å²) in [7, 11) is 3.48. The summed E-state index contributed by atoms with van der Waals surface area (Å²) in [6, 6.07) is 6.23. The number of methoxy groups -OCH3 is 1. The third-order valence-corrected chi connectivity index (χ3v) is 4.04. The van der Waals surface area contributed by atoms with Crippen LogP contribution in [-0.2, 0) is 24.3 Å². The highest BCUT2D eigenvalue weighted by Crippen LogP contribution is 2.19. The lowest BCUT2D eigenvalue weighted by molar-refractivity contribution is 0.178. The van der Waals surface area contributed by atoms with Crippen LogP contribution in [0.1, 0.15) is 22.5 Å². The van der Waals surface area contributed by atoms with Crippen LogP contribution in [0.5, 0.6) is 0 Å². The van der Waals surface area contributed by atoms with E-state index in [0.717, 1.165) is 24.6 Å². The molecule has 108 valence electrons. The molecule has 0 aliphatic heterocycles. The number of anilines is 2. The maximum atomic E-state index is 5.08. The first-order chi connectivity index (χ1) is 9.75. The average molecular weight is 292 g/mol. The van der Waals surface area contributed by atoms with E-state index in [2.05, 4.69) is 39.7 Å². The van der Waals surface area contributed by atoms with Crippen LogP contribution in [0.25, 0.3) is 0 Å². The number of ether oxygens (including phenoxy) is 1.